The van der Waals surface area contributed by atoms with E-state index in [1.165, 1.54) is 6.33 Å². The lowest BCUT2D eigenvalue weighted by atomic mass is 9.66. The van der Waals surface area contributed by atoms with E-state index in [2.05, 4.69) is 17.0 Å². The highest BCUT2D eigenvalue weighted by atomic mass is 16.4. The normalized spacial score (nSPS) is 18.1. The van der Waals surface area contributed by atoms with Crippen LogP contribution in [0.25, 0.3) is 0 Å². The van der Waals surface area contributed by atoms with Gasteiger partial charge in [-0.1, -0.05) is 13.3 Å². The molecule has 0 spiro atoms. The van der Waals surface area contributed by atoms with Gasteiger partial charge in [0.15, 0.2) is 0 Å². The molecular weight excluding hydrogens is 206 g/mol. The molecule has 1 aromatic rings. The first-order valence-corrected chi connectivity index (χ1v) is 5.78. The molecule has 1 heterocycles. The van der Waals surface area contributed by atoms with Crippen molar-refractivity contribution in [3.05, 3.63) is 12.2 Å². The third kappa shape index (κ3) is 1.81. The van der Waals surface area contributed by atoms with Crippen molar-refractivity contribution in [3.63, 3.8) is 0 Å². The zero-order valence-electron chi connectivity index (χ0n) is 9.52. The molecular formula is C11H17N3O2. The van der Waals surface area contributed by atoms with Gasteiger partial charge in [-0.05, 0) is 19.3 Å². The van der Waals surface area contributed by atoms with Crippen LogP contribution in [-0.4, -0.2) is 25.8 Å². The Bertz CT molecular complexity index is 382. The average molecular weight is 223 g/mol. The fourth-order valence-electron chi connectivity index (χ4n) is 2.20. The van der Waals surface area contributed by atoms with E-state index in [1.54, 1.807) is 0 Å². The van der Waals surface area contributed by atoms with Crippen molar-refractivity contribution < 1.29 is 9.90 Å². The van der Waals surface area contributed by atoms with Crippen LogP contribution in [0.1, 0.15) is 38.4 Å². The van der Waals surface area contributed by atoms with Crippen molar-refractivity contribution in [3.8, 4) is 0 Å². The number of aromatic nitrogens is 3. The molecule has 1 aliphatic rings. The van der Waals surface area contributed by atoms with E-state index in [1.807, 2.05) is 4.68 Å². The van der Waals surface area contributed by atoms with Crippen LogP contribution >= 0.6 is 0 Å². The third-order valence-corrected chi connectivity index (χ3v) is 3.39. The number of rotatable bonds is 5. The van der Waals surface area contributed by atoms with Gasteiger partial charge in [-0.25, -0.2) is 4.98 Å². The molecule has 0 unspecified atom stereocenters. The molecule has 0 saturated heterocycles. The molecule has 0 bridgehead atoms. The Hall–Kier alpha value is -1.39. The van der Waals surface area contributed by atoms with Crippen LogP contribution < -0.4 is 0 Å². The quantitative estimate of drug-likeness (QED) is 0.821. The molecule has 2 rings (SSSR count). The van der Waals surface area contributed by atoms with Gasteiger partial charge >= 0.3 is 5.97 Å². The maximum absolute atomic E-state index is 11.2. The molecule has 0 radical (unpaired) electrons. The standard InChI is InChI=1S/C11H17N3O2/c1-2-6-14-9(12-8-13-14)7-11(10(15)16)4-3-5-11/h8H,2-7H2,1H3,(H,15,16). The van der Waals surface area contributed by atoms with Gasteiger partial charge in [0.1, 0.15) is 12.2 Å². The van der Waals surface area contributed by atoms with E-state index >= 15 is 0 Å². The Morgan fingerprint density at radius 3 is 2.88 bits per heavy atom. The van der Waals surface area contributed by atoms with Crippen LogP contribution in [0.2, 0.25) is 0 Å². The van der Waals surface area contributed by atoms with Crippen LogP contribution in [-0.2, 0) is 17.8 Å². The monoisotopic (exact) mass is 223 g/mol. The topological polar surface area (TPSA) is 68.0 Å². The van der Waals surface area contributed by atoms with Crippen LogP contribution in [0.3, 0.4) is 0 Å². The minimum atomic E-state index is -0.690. The molecule has 1 aromatic heterocycles. The summed E-state index contributed by atoms with van der Waals surface area (Å²) >= 11 is 0. The summed E-state index contributed by atoms with van der Waals surface area (Å²) in [4.78, 5) is 15.4. The lowest BCUT2D eigenvalue weighted by molar-refractivity contribution is -0.154. The van der Waals surface area contributed by atoms with Crippen molar-refractivity contribution >= 4 is 5.97 Å². The van der Waals surface area contributed by atoms with Crippen LogP contribution in [0, 0.1) is 5.41 Å². The Balaban J connectivity index is 2.13. The van der Waals surface area contributed by atoms with E-state index in [0.29, 0.717) is 6.42 Å². The molecule has 16 heavy (non-hydrogen) atoms. The average Bonchev–Trinajstić information content (AvgIpc) is 2.59. The largest absolute Gasteiger partial charge is 0.481 e. The van der Waals surface area contributed by atoms with Gasteiger partial charge in [0.25, 0.3) is 0 Å². The van der Waals surface area contributed by atoms with E-state index in [-0.39, 0.29) is 0 Å². The lowest BCUT2D eigenvalue weighted by Gasteiger charge is -2.37. The van der Waals surface area contributed by atoms with Crippen molar-refractivity contribution in [1.82, 2.24) is 14.8 Å². The fraction of sp³-hybridized carbons (Fsp3) is 0.727. The zero-order chi connectivity index (χ0) is 11.6. The number of aliphatic carboxylic acids is 1. The maximum Gasteiger partial charge on any atom is 0.310 e. The van der Waals surface area contributed by atoms with E-state index in [4.69, 9.17) is 0 Å². The predicted octanol–water partition coefficient (Wildman–Crippen LogP) is 1.49. The molecule has 1 saturated carbocycles. The molecule has 0 aliphatic heterocycles. The molecule has 1 fully saturated rings. The lowest BCUT2D eigenvalue weighted by Crippen LogP contribution is -2.40. The highest BCUT2D eigenvalue weighted by Crippen LogP contribution is 2.43. The first-order valence-electron chi connectivity index (χ1n) is 5.78. The van der Waals surface area contributed by atoms with Crippen molar-refractivity contribution in [2.24, 2.45) is 5.41 Å². The maximum atomic E-state index is 11.2. The van der Waals surface area contributed by atoms with Gasteiger partial charge in [-0.3, -0.25) is 9.48 Å². The Kier molecular flexibility index (Phi) is 2.94. The molecule has 88 valence electrons. The SMILES string of the molecule is CCCn1ncnc1CC1(C(=O)O)CCC1. The van der Waals surface area contributed by atoms with Gasteiger partial charge in [0, 0.05) is 13.0 Å². The van der Waals surface area contributed by atoms with Gasteiger partial charge in [-0.2, -0.15) is 5.10 Å². The summed E-state index contributed by atoms with van der Waals surface area (Å²) in [6.07, 6.45) is 5.55. The molecule has 1 aliphatic carbocycles. The highest BCUT2D eigenvalue weighted by Gasteiger charge is 2.45. The molecule has 0 atom stereocenters. The first kappa shape index (κ1) is 11.1. The second-order valence-electron chi connectivity index (χ2n) is 4.52. The number of nitrogens with zero attached hydrogens (tertiary/aromatic N) is 3. The van der Waals surface area contributed by atoms with E-state index in [9.17, 15) is 9.90 Å². The van der Waals surface area contributed by atoms with E-state index in [0.717, 1.165) is 38.1 Å². The summed E-state index contributed by atoms with van der Waals surface area (Å²) in [6.45, 7) is 2.88. The van der Waals surface area contributed by atoms with Crippen LogP contribution in [0.15, 0.2) is 6.33 Å². The summed E-state index contributed by atoms with van der Waals surface area (Å²) < 4.78 is 1.82. The smallest absolute Gasteiger partial charge is 0.310 e. The van der Waals surface area contributed by atoms with Crippen LogP contribution in [0.5, 0.6) is 0 Å². The van der Waals surface area contributed by atoms with Gasteiger partial charge < -0.3 is 5.11 Å². The number of hydrogen-bond donors (Lipinski definition) is 1. The number of carboxylic acids is 1. The fourth-order valence-corrected chi connectivity index (χ4v) is 2.20. The second-order valence-corrected chi connectivity index (χ2v) is 4.52. The minimum Gasteiger partial charge on any atom is -0.481 e. The zero-order valence-corrected chi connectivity index (χ0v) is 9.52. The number of carbonyl (C=O) groups is 1. The number of carboxylic acid groups (broad SMARTS) is 1. The third-order valence-electron chi connectivity index (χ3n) is 3.39. The minimum absolute atomic E-state index is 0.516. The van der Waals surface area contributed by atoms with Crippen molar-refractivity contribution in [2.75, 3.05) is 0 Å². The Labute approximate surface area is 94.5 Å². The van der Waals surface area contributed by atoms with Crippen molar-refractivity contribution in [2.45, 2.75) is 45.6 Å². The molecule has 5 nitrogen and oxygen atoms in total. The summed E-state index contributed by atoms with van der Waals surface area (Å²) in [7, 11) is 0. The first-order chi connectivity index (χ1) is 7.68. The summed E-state index contributed by atoms with van der Waals surface area (Å²) in [5.74, 6) is 0.119. The molecule has 1 N–H and O–H groups in total. The van der Waals surface area contributed by atoms with Gasteiger partial charge in [0.05, 0.1) is 5.41 Å². The Morgan fingerprint density at radius 2 is 2.38 bits per heavy atom. The highest BCUT2D eigenvalue weighted by molar-refractivity contribution is 5.76. The predicted molar refractivity (Wildman–Crippen MR) is 57.9 cm³/mol. The van der Waals surface area contributed by atoms with Gasteiger partial charge in [0.2, 0.25) is 0 Å². The summed E-state index contributed by atoms with van der Waals surface area (Å²) in [5, 5.41) is 13.4. The molecule has 0 amide bonds. The summed E-state index contributed by atoms with van der Waals surface area (Å²) in [6, 6.07) is 0. The van der Waals surface area contributed by atoms with Gasteiger partial charge in [-0.15, -0.1) is 0 Å². The van der Waals surface area contributed by atoms with E-state index < -0.39 is 11.4 Å². The number of hydrogen-bond acceptors (Lipinski definition) is 3. The molecule has 0 aromatic carbocycles. The second kappa shape index (κ2) is 4.23. The Morgan fingerprint density at radius 1 is 1.62 bits per heavy atom. The van der Waals surface area contributed by atoms with Crippen molar-refractivity contribution in [1.29, 1.82) is 0 Å². The summed E-state index contributed by atoms with van der Waals surface area (Å²) in [5.41, 5.74) is -0.571. The number of aryl methyl sites for hydroxylation is 1. The van der Waals surface area contributed by atoms with Crippen LogP contribution in [0.4, 0.5) is 0 Å². The molecule has 5 heteroatoms.